The molecule has 2 atom stereocenters. The number of carbonyl (C=O) groups is 1. The van der Waals surface area contributed by atoms with Crippen molar-refractivity contribution in [2.75, 3.05) is 29.5 Å². The van der Waals surface area contributed by atoms with E-state index in [-0.39, 0.29) is 34.8 Å². The molecule has 216 valence electrons. The molecule has 0 bridgehead atoms. The van der Waals surface area contributed by atoms with Crippen molar-refractivity contribution in [3.8, 4) is 29.0 Å². The molecular formula is C31H31FN6O3S. The smallest absolute Gasteiger partial charge is 0.225 e. The highest BCUT2D eigenvalue weighted by atomic mass is 32.2. The van der Waals surface area contributed by atoms with Crippen molar-refractivity contribution in [1.29, 1.82) is 10.5 Å². The van der Waals surface area contributed by atoms with E-state index in [1.807, 2.05) is 36.5 Å². The number of anilines is 1. The fourth-order valence-electron chi connectivity index (χ4n) is 6.07. The normalized spacial score (nSPS) is 22.5. The first-order chi connectivity index (χ1) is 20.2. The minimum atomic E-state index is -2.99. The molecule has 3 aromatic rings. The third-order valence-electron chi connectivity index (χ3n) is 8.75. The lowest BCUT2D eigenvalue weighted by atomic mass is 9.75. The third-order valence-corrected chi connectivity index (χ3v) is 10.4. The average molecular weight is 587 g/mol. The number of nitrogens with zero attached hydrogens (tertiary/aromatic N) is 5. The summed E-state index contributed by atoms with van der Waals surface area (Å²) in [6.07, 6.45) is 6.48. The Labute approximate surface area is 244 Å². The molecule has 0 spiro atoms. The van der Waals surface area contributed by atoms with Crippen LogP contribution in [-0.2, 0) is 14.6 Å². The number of nitriles is 2. The number of amides is 1. The van der Waals surface area contributed by atoms with Gasteiger partial charge < -0.3 is 10.2 Å². The molecule has 3 aliphatic rings. The highest BCUT2D eigenvalue weighted by molar-refractivity contribution is 7.91. The van der Waals surface area contributed by atoms with E-state index in [1.165, 1.54) is 12.1 Å². The molecule has 0 unspecified atom stereocenters. The second-order valence-corrected chi connectivity index (χ2v) is 13.8. The predicted octanol–water partition coefficient (Wildman–Crippen LogP) is 4.23. The number of rotatable bonds is 6. The number of sulfone groups is 1. The molecule has 11 heteroatoms. The van der Waals surface area contributed by atoms with Crippen molar-refractivity contribution >= 4 is 21.4 Å². The minimum Gasteiger partial charge on any atom is -0.369 e. The number of aromatic nitrogens is 2. The molecule has 42 heavy (non-hydrogen) atoms. The lowest BCUT2D eigenvalue weighted by Gasteiger charge is -2.31. The first kappa shape index (κ1) is 27.9. The van der Waals surface area contributed by atoms with E-state index in [0.717, 1.165) is 41.8 Å². The molecule has 2 heterocycles. The van der Waals surface area contributed by atoms with E-state index >= 15 is 0 Å². The van der Waals surface area contributed by atoms with Gasteiger partial charge in [-0.25, -0.2) is 17.5 Å². The zero-order valence-corrected chi connectivity index (χ0v) is 23.9. The standard InChI is InChI=1S/C31H31FN6O3S/c32-28-10-9-24(17-22(28)18-33)38-19-27(21-5-7-23(8-6-21)37-13-15-42(40,41)16-14-37)29(36-38)25-3-1-2-4-26(25)30(39)35-31(20-34)11-12-31/h5-10,17,19,25-26H,1-4,11-16H2,(H,35,39)/t25-,26-/m1/s1. The van der Waals surface area contributed by atoms with Crippen LogP contribution >= 0.6 is 0 Å². The molecule has 2 saturated carbocycles. The topological polar surface area (TPSA) is 132 Å². The van der Waals surface area contributed by atoms with Gasteiger partial charge in [-0.15, -0.1) is 0 Å². The Balaban J connectivity index is 1.37. The first-order valence-corrected chi connectivity index (χ1v) is 16.1. The maximum Gasteiger partial charge on any atom is 0.225 e. The Kier molecular flexibility index (Phi) is 7.24. The maximum absolute atomic E-state index is 14.1. The van der Waals surface area contributed by atoms with Crippen LogP contribution in [0.4, 0.5) is 10.1 Å². The van der Waals surface area contributed by atoms with Crippen LogP contribution in [0.1, 0.15) is 55.7 Å². The van der Waals surface area contributed by atoms with Gasteiger partial charge in [-0.1, -0.05) is 25.0 Å². The van der Waals surface area contributed by atoms with Crippen LogP contribution in [0.25, 0.3) is 16.8 Å². The van der Waals surface area contributed by atoms with E-state index in [9.17, 15) is 28.1 Å². The van der Waals surface area contributed by atoms with Gasteiger partial charge in [-0.2, -0.15) is 15.6 Å². The molecule has 1 aliphatic heterocycles. The monoisotopic (exact) mass is 586 g/mol. The SMILES string of the molecule is N#Cc1cc(-n2cc(-c3ccc(N4CCS(=O)(=O)CC4)cc3)c([C@@H]3CCCC[C@H]3C(=O)NC3(C#N)CC3)n2)ccc1F. The van der Waals surface area contributed by atoms with Crippen LogP contribution in [0.2, 0.25) is 0 Å². The molecule has 1 aromatic heterocycles. The van der Waals surface area contributed by atoms with Gasteiger partial charge in [0.25, 0.3) is 0 Å². The summed E-state index contributed by atoms with van der Waals surface area (Å²) >= 11 is 0. The molecular weight excluding hydrogens is 555 g/mol. The lowest BCUT2D eigenvalue weighted by molar-refractivity contribution is -0.127. The molecule has 3 fully saturated rings. The molecule has 9 nitrogen and oxygen atoms in total. The minimum absolute atomic E-state index is 0.0832. The van der Waals surface area contributed by atoms with Crippen molar-refractivity contribution in [1.82, 2.24) is 15.1 Å². The Hall–Kier alpha value is -4.22. The Morgan fingerprint density at radius 2 is 1.71 bits per heavy atom. The van der Waals surface area contributed by atoms with Gasteiger partial charge in [-0.05, 0) is 61.6 Å². The molecule has 2 aliphatic carbocycles. The number of hydrogen-bond donors (Lipinski definition) is 1. The first-order valence-electron chi connectivity index (χ1n) is 14.3. The fourth-order valence-corrected chi connectivity index (χ4v) is 7.27. The molecule has 0 radical (unpaired) electrons. The predicted molar refractivity (Wildman–Crippen MR) is 155 cm³/mol. The third kappa shape index (κ3) is 5.49. The molecule has 6 rings (SSSR count). The van der Waals surface area contributed by atoms with Crippen molar-refractivity contribution in [3.63, 3.8) is 0 Å². The summed E-state index contributed by atoms with van der Waals surface area (Å²) in [5.41, 5.74) is 3.08. The van der Waals surface area contributed by atoms with Crippen LogP contribution < -0.4 is 10.2 Å². The summed E-state index contributed by atoms with van der Waals surface area (Å²) in [4.78, 5) is 15.5. The van der Waals surface area contributed by atoms with E-state index < -0.39 is 21.2 Å². The molecule has 2 aromatic carbocycles. The quantitative estimate of drug-likeness (QED) is 0.457. The van der Waals surface area contributed by atoms with Gasteiger partial charge in [0, 0.05) is 42.4 Å². The molecule has 1 N–H and O–H groups in total. The van der Waals surface area contributed by atoms with E-state index in [1.54, 1.807) is 10.7 Å². The number of benzene rings is 2. The molecule has 1 saturated heterocycles. The van der Waals surface area contributed by atoms with Crippen molar-refractivity contribution < 1.29 is 17.6 Å². The second kappa shape index (κ2) is 10.9. The summed E-state index contributed by atoms with van der Waals surface area (Å²) in [6, 6.07) is 16.3. The van der Waals surface area contributed by atoms with E-state index in [0.29, 0.717) is 38.0 Å². The van der Waals surface area contributed by atoms with Crippen molar-refractivity contribution in [2.45, 2.75) is 50.0 Å². The van der Waals surface area contributed by atoms with Crippen LogP contribution in [0.15, 0.2) is 48.7 Å². The van der Waals surface area contributed by atoms with E-state index in [4.69, 9.17) is 5.10 Å². The average Bonchev–Trinajstić information content (AvgIpc) is 3.64. The van der Waals surface area contributed by atoms with Crippen LogP contribution in [-0.4, -0.2) is 54.2 Å². The van der Waals surface area contributed by atoms with Gasteiger partial charge in [0.05, 0.1) is 34.5 Å². The van der Waals surface area contributed by atoms with Crippen molar-refractivity contribution in [2.24, 2.45) is 5.92 Å². The summed E-state index contributed by atoms with van der Waals surface area (Å²) in [5.74, 6) is -0.997. The molecule has 1 amide bonds. The van der Waals surface area contributed by atoms with Gasteiger partial charge in [0.1, 0.15) is 17.4 Å². The van der Waals surface area contributed by atoms with Crippen LogP contribution in [0, 0.1) is 34.4 Å². The van der Waals surface area contributed by atoms with Gasteiger partial charge in [0.2, 0.25) is 5.91 Å². The highest BCUT2D eigenvalue weighted by Crippen LogP contribution is 2.43. The summed E-state index contributed by atoms with van der Waals surface area (Å²) in [6.45, 7) is 0.888. The maximum atomic E-state index is 14.1. The van der Waals surface area contributed by atoms with Crippen LogP contribution in [0.5, 0.6) is 0 Å². The van der Waals surface area contributed by atoms with Gasteiger partial charge in [-0.3, -0.25) is 4.79 Å². The zero-order valence-electron chi connectivity index (χ0n) is 23.1. The van der Waals surface area contributed by atoms with E-state index in [2.05, 4.69) is 16.3 Å². The van der Waals surface area contributed by atoms with Gasteiger partial charge in [0.15, 0.2) is 9.84 Å². The number of halogens is 1. The fraction of sp³-hybridized carbons (Fsp3) is 0.419. The van der Waals surface area contributed by atoms with Gasteiger partial charge >= 0.3 is 0 Å². The summed E-state index contributed by atoms with van der Waals surface area (Å²) < 4.78 is 39.5. The zero-order chi connectivity index (χ0) is 29.5. The van der Waals surface area contributed by atoms with Crippen molar-refractivity contribution in [3.05, 3.63) is 65.7 Å². The second-order valence-electron chi connectivity index (χ2n) is 11.5. The Bertz CT molecular complexity index is 1700. The lowest BCUT2D eigenvalue weighted by Crippen LogP contribution is -2.42. The summed E-state index contributed by atoms with van der Waals surface area (Å²) in [7, 11) is -2.99. The number of carbonyl (C=O) groups excluding carboxylic acids is 1. The highest BCUT2D eigenvalue weighted by Gasteiger charge is 2.47. The largest absolute Gasteiger partial charge is 0.369 e. The van der Waals surface area contributed by atoms with Crippen LogP contribution in [0.3, 0.4) is 0 Å². The number of hydrogen-bond acceptors (Lipinski definition) is 7. The Morgan fingerprint density at radius 3 is 2.38 bits per heavy atom. The summed E-state index contributed by atoms with van der Waals surface area (Å²) in [5, 5.41) is 26.9. The Morgan fingerprint density at radius 1 is 1.02 bits per heavy atom. The number of nitrogens with one attached hydrogen (secondary N) is 1.